The lowest BCUT2D eigenvalue weighted by molar-refractivity contribution is 0.0981. The van der Waals surface area contributed by atoms with E-state index in [1.54, 1.807) is 10.9 Å². The first-order valence-corrected chi connectivity index (χ1v) is 6.13. The molecule has 1 aliphatic carbocycles. The molecule has 3 rings (SSSR count). The predicted octanol–water partition coefficient (Wildman–Crippen LogP) is 1.79. The van der Waals surface area contributed by atoms with Crippen LogP contribution in [0.15, 0.2) is 18.5 Å². The Kier molecular flexibility index (Phi) is 2.66. The third-order valence-corrected chi connectivity index (χ3v) is 3.18. The molecular weight excluding hydrogens is 228 g/mol. The molecule has 2 aromatic rings. The summed E-state index contributed by atoms with van der Waals surface area (Å²) in [6.45, 7) is 0. The van der Waals surface area contributed by atoms with Gasteiger partial charge in [0.25, 0.3) is 0 Å². The Labute approximate surface area is 105 Å². The van der Waals surface area contributed by atoms with Gasteiger partial charge in [-0.3, -0.25) is 9.48 Å². The SMILES string of the molecule is Cn1ccc(-c2ncc3c(n2)CCCCC3=O)n1. The fraction of sp³-hybridized carbons (Fsp3) is 0.385. The number of rotatable bonds is 1. The van der Waals surface area contributed by atoms with Crippen molar-refractivity contribution in [2.45, 2.75) is 25.7 Å². The van der Waals surface area contributed by atoms with Crippen molar-refractivity contribution < 1.29 is 4.79 Å². The van der Waals surface area contributed by atoms with Crippen molar-refractivity contribution >= 4 is 5.78 Å². The number of hydrogen-bond acceptors (Lipinski definition) is 4. The van der Waals surface area contributed by atoms with Crippen LogP contribution >= 0.6 is 0 Å². The summed E-state index contributed by atoms with van der Waals surface area (Å²) >= 11 is 0. The molecule has 0 amide bonds. The molecular formula is C13H14N4O. The maximum Gasteiger partial charge on any atom is 0.180 e. The van der Waals surface area contributed by atoms with Gasteiger partial charge in [-0.05, 0) is 25.3 Å². The van der Waals surface area contributed by atoms with Crippen molar-refractivity contribution in [1.29, 1.82) is 0 Å². The van der Waals surface area contributed by atoms with Gasteiger partial charge in [0.2, 0.25) is 0 Å². The largest absolute Gasteiger partial charge is 0.294 e. The van der Waals surface area contributed by atoms with Crippen LogP contribution < -0.4 is 0 Å². The van der Waals surface area contributed by atoms with Gasteiger partial charge in [-0.15, -0.1) is 0 Å². The van der Waals surface area contributed by atoms with Gasteiger partial charge in [0.15, 0.2) is 11.6 Å². The second-order valence-electron chi connectivity index (χ2n) is 4.56. The van der Waals surface area contributed by atoms with Crippen LogP contribution in [0.4, 0.5) is 0 Å². The summed E-state index contributed by atoms with van der Waals surface area (Å²) in [4.78, 5) is 20.6. The van der Waals surface area contributed by atoms with Crippen molar-refractivity contribution in [3.63, 3.8) is 0 Å². The molecule has 0 N–H and O–H groups in total. The third-order valence-electron chi connectivity index (χ3n) is 3.18. The third kappa shape index (κ3) is 1.92. The number of aryl methyl sites for hydroxylation is 2. The summed E-state index contributed by atoms with van der Waals surface area (Å²) < 4.78 is 1.72. The zero-order chi connectivity index (χ0) is 12.5. The Balaban J connectivity index is 2.05. The number of fused-ring (bicyclic) bond motifs is 1. The lowest BCUT2D eigenvalue weighted by Crippen LogP contribution is -2.05. The molecule has 1 aliphatic rings. The first-order valence-electron chi connectivity index (χ1n) is 6.13. The average Bonchev–Trinajstić information content (AvgIpc) is 2.72. The highest BCUT2D eigenvalue weighted by molar-refractivity contribution is 5.97. The maximum atomic E-state index is 11.9. The van der Waals surface area contributed by atoms with Gasteiger partial charge in [0.05, 0.1) is 11.3 Å². The van der Waals surface area contributed by atoms with E-state index in [4.69, 9.17) is 0 Å². The Morgan fingerprint density at radius 3 is 2.89 bits per heavy atom. The Hall–Kier alpha value is -2.04. The van der Waals surface area contributed by atoms with Crippen LogP contribution in [0.2, 0.25) is 0 Å². The van der Waals surface area contributed by atoms with E-state index in [0.29, 0.717) is 17.8 Å². The van der Waals surface area contributed by atoms with Crippen LogP contribution in [0.1, 0.15) is 35.3 Å². The first-order chi connectivity index (χ1) is 8.74. The molecule has 0 atom stereocenters. The van der Waals surface area contributed by atoms with E-state index in [9.17, 15) is 4.79 Å². The second kappa shape index (κ2) is 4.33. The topological polar surface area (TPSA) is 60.7 Å². The first kappa shape index (κ1) is 11.1. The molecule has 92 valence electrons. The minimum atomic E-state index is 0.162. The zero-order valence-corrected chi connectivity index (χ0v) is 10.3. The number of hydrogen-bond donors (Lipinski definition) is 0. The van der Waals surface area contributed by atoms with Gasteiger partial charge >= 0.3 is 0 Å². The van der Waals surface area contributed by atoms with Gasteiger partial charge in [0.1, 0.15) is 5.69 Å². The number of aromatic nitrogens is 4. The fourth-order valence-electron chi connectivity index (χ4n) is 2.21. The minimum absolute atomic E-state index is 0.162. The monoisotopic (exact) mass is 242 g/mol. The van der Waals surface area contributed by atoms with E-state index in [-0.39, 0.29) is 5.78 Å². The molecule has 2 aromatic heterocycles. The quantitative estimate of drug-likeness (QED) is 0.715. The average molecular weight is 242 g/mol. The van der Waals surface area contributed by atoms with E-state index >= 15 is 0 Å². The minimum Gasteiger partial charge on any atom is -0.294 e. The van der Waals surface area contributed by atoms with Gasteiger partial charge < -0.3 is 0 Å². The molecule has 2 heterocycles. The van der Waals surface area contributed by atoms with Crippen LogP contribution in [-0.4, -0.2) is 25.5 Å². The number of nitrogens with zero attached hydrogens (tertiary/aromatic N) is 4. The zero-order valence-electron chi connectivity index (χ0n) is 10.3. The molecule has 0 unspecified atom stereocenters. The Morgan fingerprint density at radius 1 is 1.28 bits per heavy atom. The van der Waals surface area contributed by atoms with Crippen molar-refractivity contribution in [2.75, 3.05) is 0 Å². The summed E-state index contributed by atoms with van der Waals surface area (Å²) in [6, 6.07) is 1.88. The summed E-state index contributed by atoms with van der Waals surface area (Å²) in [7, 11) is 1.86. The van der Waals surface area contributed by atoms with Crippen molar-refractivity contribution in [3.8, 4) is 11.5 Å². The summed E-state index contributed by atoms with van der Waals surface area (Å²) in [6.07, 6.45) is 6.92. The van der Waals surface area contributed by atoms with Crippen molar-refractivity contribution in [1.82, 2.24) is 19.7 Å². The molecule has 5 heteroatoms. The molecule has 0 aromatic carbocycles. The smallest absolute Gasteiger partial charge is 0.180 e. The van der Waals surface area contributed by atoms with Crippen LogP contribution in [0.25, 0.3) is 11.5 Å². The highest BCUT2D eigenvalue weighted by Gasteiger charge is 2.18. The summed E-state index contributed by atoms with van der Waals surface area (Å²) in [5, 5.41) is 4.28. The molecule has 0 spiro atoms. The molecule has 0 aliphatic heterocycles. The molecule has 0 radical (unpaired) electrons. The Bertz CT molecular complexity index is 603. The highest BCUT2D eigenvalue weighted by atomic mass is 16.1. The molecule has 0 saturated heterocycles. The molecule has 18 heavy (non-hydrogen) atoms. The van der Waals surface area contributed by atoms with E-state index in [0.717, 1.165) is 30.7 Å². The van der Waals surface area contributed by atoms with Crippen LogP contribution in [0, 0.1) is 0 Å². The highest BCUT2D eigenvalue weighted by Crippen LogP contribution is 2.21. The lowest BCUT2D eigenvalue weighted by Gasteiger charge is -2.04. The van der Waals surface area contributed by atoms with E-state index in [2.05, 4.69) is 15.1 Å². The molecule has 5 nitrogen and oxygen atoms in total. The molecule has 0 bridgehead atoms. The summed E-state index contributed by atoms with van der Waals surface area (Å²) in [5.41, 5.74) is 2.30. The van der Waals surface area contributed by atoms with Gasteiger partial charge in [-0.2, -0.15) is 5.10 Å². The normalized spacial score (nSPS) is 15.3. The number of ketones is 1. The number of Topliss-reactive ketones (excluding diaryl/α,β-unsaturated/α-hetero) is 1. The maximum absolute atomic E-state index is 11.9. The summed E-state index contributed by atoms with van der Waals surface area (Å²) in [5.74, 6) is 0.763. The van der Waals surface area contributed by atoms with Gasteiger partial charge in [0, 0.05) is 25.9 Å². The molecule has 0 saturated carbocycles. The molecule has 0 fully saturated rings. The lowest BCUT2D eigenvalue weighted by atomic mass is 10.1. The van der Waals surface area contributed by atoms with Crippen molar-refractivity contribution in [3.05, 3.63) is 29.7 Å². The van der Waals surface area contributed by atoms with E-state index in [1.807, 2.05) is 19.3 Å². The van der Waals surface area contributed by atoms with E-state index < -0.39 is 0 Å². The number of carbonyl (C=O) groups is 1. The standard InChI is InChI=1S/C13H14N4O/c1-17-7-6-11(16-17)13-14-8-9-10(15-13)4-2-3-5-12(9)18/h6-8H,2-5H2,1H3. The van der Waals surface area contributed by atoms with Crippen molar-refractivity contribution in [2.24, 2.45) is 7.05 Å². The van der Waals surface area contributed by atoms with Crippen LogP contribution in [0.5, 0.6) is 0 Å². The van der Waals surface area contributed by atoms with Crippen LogP contribution in [0.3, 0.4) is 0 Å². The Morgan fingerprint density at radius 2 is 2.11 bits per heavy atom. The second-order valence-corrected chi connectivity index (χ2v) is 4.56. The van der Waals surface area contributed by atoms with Gasteiger partial charge in [-0.25, -0.2) is 9.97 Å². The predicted molar refractivity (Wildman–Crippen MR) is 66.1 cm³/mol. The van der Waals surface area contributed by atoms with Gasteiger partial charge in [-0.1, -0.05) is 0 Å². The number of carbonyl (C=O) groups excluding carboxylic acids is 1. The van der Waals surface area contributed by atoms with Crippen LogP contribution in [-0.2, 0) is 13.5 Å². The van der Waals surface area contributed by atoms with E-state index in [1.165, 1.54) is 0 Å². The fourth-order valence-corrected chi connectivity index (χ4v) is 2.21.